The average Bonchev–Trinajstić information content (AvgIpc) is 3.27. The van der Waals surface area contributed by atoms with Gasteiger partial charge in [-0.05, 0) is 19.1 Å². The number of anilines is 2. The summed E-state index contributed by atoms with van der Waals surface area (Å²) in [5.41, 5.74) is 3.34. The molecule has 1 atom stereocenters. The number of quaternary nitrogens is 1. The average molecular weight is 521 g/mol. The molecule has 1 aliphatic rings. The fraction of sp³-hybridized carbons (Fsp3) is 0.478. The van der Waals surface area contributed by atoms with Gasteiger partial charge in [-0.3, -0.25) is 13.9 Å². The van der Waals surface area contributed by atoms with Crippen molar-refractivity contribution >= 4 is 28.8 Å². The van der Waals surface area contributed by atoms with E-state index in [1.54, 1.807) is 9.47 Å². The SMILES string of the molecule is Cc1ccc(N2CC(O)Cn3c2nc2c3c(=O)n(CCC(=O)[O-])c(=O)n2C)cc1.[NH3+]C(CO)(CO)CO. The Kier molecular flexibility index (Phi) is 8.50. The smallest absolute Gasteiger partial charge is 0.332 e. The molecule has 0 saturated heterocycles. The van der Waals surface area contributed by atoms with Gasteiger partial charge in [-0.1, -0.05) is 17.7 Å². The Morgan fingerprint density at radius 2 is 1.73 bits per heavy atom. The second-order valence-corrected chi connectivity index (χ2v) is 9.19. The van der Waals surface area contributed by atoms with Gasteiger partial charge in [-0.15, -0.1) is 0 Å². The lowest BCUT2D eigenvalue weighted by molar-refractivity contribution is -0.494. The van der Waals surface area contributed by atoms with Gasteiger partial charge in [0.15, 0.2) is 16.7 Å². The highest BCUT2D eigenvalue weighted by Gasteiger charge is 2.30. The molecule has 0 fully saturated rings. The van der Waals surface area contributed by atoms with E-state index in [0.717, 1.165) is 15.8 Å². The van der Waals surface area contributed by atoms with E-state index in [1.165, 1.54) is 11.6 Å². The number of aliphatic carboxylic acids is 1. The van der Waals surface area contributed by atoms with Crippen molar-refractivity contribution in [2.75, 3.05) is 31.3 Å². The minimum atomic E-state index is -1.35. The highest BCUT2D eigenvalue weighted by Crippen LogP contribution is 2.31. The minimum Gasteiger partial charge on any atom is -0.550 e. The summed E-state index contributed by atoms with van der Waals surface area (Å²) in [5.74, 6) is -0.908. The Labute approximate surface area is 211 Å². The van der Waals surface area contributed by atoms with Crippen LogP contribution >= 0.6 is 0 Å². The third kappa shape index (κ3) is 5.73. The van der Waals surface area contributed by atoms with Crippen molar-refractivity contribution in [2.24, 2.45) is 7.05 Å². The maximum atomic E-state index is 13.0. The van der Waals surface area contributed by atoms with Crippen LogP contribution in [0, 0.1) is 6.92 Å². The highest BCUT2D eigenvalue weighted by atomic mass is 16.4. The van der Waals surface area contributed by atoms with E-state index < -0.39 is 35.3 Å². The lowest BCUT2D eigenvalue weighted by Gasteiger charge is -2.32. The van der Waals surface area contributed by atoms with Crippen molar-refractivity contribution in [3.05, 3.63) is 50.7 Å². The molecule has 1 aromatic carbocycles. The zero-order valence-electron chi connectivity index (χ0n) is 20.7. The Balaban J connectivity index is 0.000000414. The summed E-state index contributed by atoms with van der Waals surface area (Å²) < 4.78 is 3.67. The summed E-state index contributed by atoms with van der Waals surface area (Å²) in [6, 6.07) is 7.67. The van der Waals surface area contributed by atoms with E-state index in [4.69, 9.17) is 15.3 Å². The summed E-state index contributed by atoms with van der Waals surface area (Å²) in [4.78, 5) is 42.7. The van der Waals surface area contributed by atoms with Crippen LogP contribution in [-0.4, -0.2) is 83.1 Å². The molecule has 202 valence electrons. The van der Waals surface area contributed by atoms with Gasteiger partial charge >= 0.3 is 5.69 Å². The van der Waals surface area contributed by atoms with Gasteiger partial charge in [0.2, 0.25) is 5.95 Å². The second-order valence-electron chi connectivity index (χ2n) is 9.19. The summed E-state index contributed by atoms with van der Waals surface area (Å²) in [6.07, 6.45) is -1.21. The number of aromatic nitrogens is 4. The fourth-order valence-corrected chi connectivity index (χ4v) is 3.80. The second kappa shape index (κ2) is 11.2. The Morgan fingerprint density at radius 3 is 2.24 bits per heavy atom. The molecule has 0 radical (unpaired) electrons. The number of rotatable bonds is 7. The van der Waals surface area contributed by atoms with Gasteiger partial charge in [0.1, 0.15) is 19.8 Å². The van der Waals surface area contributed by atoms with Crippen LogP contribution in [0.15, 0.2) is 33.9 Å². The number of carbonyl (C=O) groups is 1. The zero-order chi connectivity index (χ0) is 27.5. The van der Waals surface area contributed by atoms with Crippen LogP contribution in [0.2, 0.25) is 0 Å². The number of hydrogen-bond acceptors (Lipinski definition) is 10. The molecule has 4 rings (SSSR count). The van der Waals surface area contributed by atoms with E-state index in [0.29, 0.717) is 12.5 Å². The Morgan fingerprint density at radius 1 is 1.14 bits per heavy atom. The molecule has 37 heavy (non-hydrogen) atoms. The molecule has 2 aromatic heterocycles. The largest absolute Gasteiger partial charge is 0.550 e. The first-order valence-corrected chi connectivity index (χ1v) is 11.6. The first kappa shape index (κ1) is 28.0. The van der Waals surface area contributed by atoms with E-state index in [-0.39, 0.29) is 44.1 Å². The molecule has 14 heteroatoms. The number of carbonyl (C=O) groups excluding carboxylic acids is 1. The van der Waals surface area contributed by atoms with E-state index in [9.17, 15) is 24.6 Å². The molecule has 1 unspecified atom stereocenters. The molecular weight excluding hydrogens is 488 g/mol. The molecule has 7 N–H and O–H groups in total. The molecular formula is C23H32N6O8. The molecule has 1 aliphatic heterocycles. The first-order chi connectivity index (χ1) is 17.5. The quantitative estimate of drug-likeness (QED) is 0.202. The van der Waals surface area contributed by atoms with Crippen molar-refractivity contribution < 1.29 is 36.1 Å². The van der Waals surface area contributed by atoms with Gasteiger partial charge in [-0.25, -0.2) is 4.79 Å². The van der Waals surface area contributed by atoms with E-state index in [1.807, 2.05) is 31.2 Å². The number of benzene rings is 1. The van der Waals surface area contributed by atoms with Crippen molar-refractivity contribution in [1.82, 2.24) is 18.7 Å². The monoisotopic (exact) mass is 520 g/mol. The minimum absolute atomic E-state index is 0.141. The van der Waals surface area contributed by atoms with Crippen molar-refractivity contribution in [3.8, 4) is 0 Å². The Hall–Kier alpha value is -3.56. The van der Waals surface area contributed by atoms with Crippen LogP contribution in [0.4, 0.5) is 11.6 Å². The Bertz CT molecular complexity index is 1360. The number of nitrogens with zero attached hydrogens (tertiary/aromatic N) is 5. The summed E-state index contributed by atoms with van der Waals surface area (Å²) in [5, 5.41) is 46.4. The topological polar surface area (TPSA) is 214 Å². The third-order valence-corrected chi connectivity index (χ3v) is 6.13. The molecule has 14 nitrogen and oxygen atoms in total. The molecule has 0 amide bonds. The normalized spacial score (nSPS) is 15.3. The van der Waals surface area contributed by atoms with Crippen LogP contribution in [0.25, 0.3) is 11.2 Å². The molecule has 0 aliphatic carbocycles. The van der Waals surface area contributed by atoms with Crippen molar-refractivity contribution in [1.29, 1.82) is 0 Å². The number of β-amino-alcohol motifs (C(OH)–C–C–N with tert-alkyl or cyclic N) is 1. The fourth-order valence-electron chi connectivity index (χ4n) is 3.80. The van der Waals surface area contributed by atoms with Crippen LogP contribution in [-0.2, 0) is 24.9 Å². The van der Waals surface area contributed by atoms with Gasteiger partial charge < -0.3 is 45.5 Å². The molecule has 3 heterocycles. The summed E-state index contributed by atoms with van der Waals surface area (Å²) in [6.45, 7) is 1.23. The maximum absolute atomic E-state index is 13.0. The standard InChI is InChI=1S/C19H21N5O5.C4H11NO3/c1-11-3-5-12(6-4-11)23-9-13(25)10-24-15-16(20-18(23)24)21(2)19(29)22(17(15)28)8-7-14(26)27;5-4(1-6,2-7)3-8/h3-6,13,25H,7-10H2,1-2H3,(H,26,27);6-8H,1-3,5H2. The van der Waals surface area contributed by atoms with Crippen molar-refractivity contribution in [2.45, 2.75) is 38.1 Å². The predicted molar refractivity (Wildman–Crippen MR) is 130 cm³/mol. The van der Waals surface area contributed by atoms with Crippen LogP contribution in [0.5, 0.6) is 0 Å². The van der Waals surface area contributed by atoms with Gasteiger partial charge in [0.05, 0.1) is 19.2 Å². The molecule has 0 bridgehead atoms. The first-order valence-electron chi connectivity index (χ1n) is 11.6. The van der Waals surface area contributed by atoms with Gasteiger partial charge in [0, 0.05) is 31.7 Å². The highest BCUT2D eigenvalue weighted by molar-refractivity contribution is 5.77. The van der Waals surface area contributed by atoms with Crippen LogP contribution < -0.4 is 27.0 Å². The number of hydrogen-bond donors (Lipinski definition) is 5. The third-order valence-electron chi connectivity index (χ3n) is 6.13. The lowest BCUT2D eigenvalue weighted by Crippen LogP contribution is -2.78. The molecule has 0 spiro atoms. The van der Waals surface area contributed by atoms with E-state index in [2.05, 4.69) is 10.7 Å². The lowest BCUT2D eigenvalue weighted by atomic mass is 10.1. The molecule has 3 aromatic rings. The summed E-state index contributed by atoms with van der Waals surface area (Å²) in [7, 11) is 1.48. The van der Waals surface area contributed by atoms with Crippen LogP contribution in [0.1, 0.15) is 12.0 Å². The number of carboxylic acids is 1. The van der Waals surface area contributed by atoms with E-state index >= 15 is 0 Å². The maximum Gasteiger partial charge on any atom is 0.332 e. The van der Waals surface area contributed by atoms with Gasteiger partial charge in [-0.2, -0.15) is 4.98 Å². The van der Waals surface area contributed by atoms with Gasteiger partial charge in [0.25, 0.3) is 5.56 Å². The zero-order valence-corrected chi connectivity index (χ0v) is 20.7. The molecule has 0 saturated carbocycles. The summed E-state index contributed by atoms with van der Waals surface area (Å²) >= 11 is 0. The number of carboxylic acid groups (broad SMARTS) is 1. The number of fused-ring (bicyclic) bond motifs is 3. The van der Waals surface area contributed by atoms with Crippen LogP contribution in [0.3, 0.4) is 0 Å². The number of imidazole rings is 1. The number of aliphatic hydroxyl groups excluding tert-OH is 4. The number of aryl methyl sites for hydroxylation is 2. The predicted octanol–water partition coefficient (Wildman–Crippen LogP) is -4.20. The number of aliphatic hydroxyl groups is 4. The van der Waals surface area contributed by atoms with Crippen molar-refractivity contribution in [3.63, 3.8) is 0 Å².